The highest BCUT2D eigenvalue weighted by atomic mass is 16.3. The van der Waals surface area contributed by atoms with Crippen LogP contribution < -0.4 is 0 Å². The molecule has 1 unspecified atom stereocenters. The fourth-order valence-electron chi connectivity index (χ4n) is 2.91. The molecule has 1 atom stereocenters. The first-order valence-corrected chi connectivity index (χ1v) is 8.19. The Bertz CT molecular complexity index is 818. The van der Waals surface area contributed by atoms with Crippen LogP contribution in [0.15, 0.2) is 66.7 Å². The van der Waals surface area contributed by atoms with Crippen molar-refractivity contribution < 1.29 is 10.2 Å². The van der Waals surface area contributed by atoms with Crippen LogP contribution in [-0.2, 0) is 6.42 Å². The van der Waals surface area contributed by atoms with Gasteiger partial charge in [-0.3, -0.25) is 0 Å². The molecule has 0 saturated heterocycles. The van der Waals surface area contributed by atoms with Gasteiger partial charge in [0, 0.05) is 5.92 Å². The van der Waals surface area contributed by atoms with E-state index in [-0.39, 0.29) is 5.92 Å². The Labute approximate surface area is 143 Å². The van der Waals surface area contributed by atoms with E-state index in [1.54, 1.807) is 18.2 Å². The molecule has 122 valence electrons. The monoisotopic (exact) mass is 318 g/mol. The van der Waals surface area contributed by atoms with Gasteiger partial charge in [-0.2, -0.15) is 0 Å². The quantitative estimate of drug-likeness (QED) is 0.698. The predicted molar refractivity (Wildman–Crippen MR) is 97.7 cm³/mol. The highest BCUT2D eigenvalue weighted by Crippen LogP contribution is 2.28. The van der Waals surface area contributed by atoms with Gasteiger partial charge in [0.25, 0.3) is 0 Å². The van der Waals surface area contributed by atoms with E-state index in [1.165, 1.54) is 22.3 Å². The Balaban J connectivity index is 1.75. The van der Waals surface area contributed by atoms with Gasteiger partial charge < -0.3 is 10.2 Å². The molecule has 2 nitrogen and oxygen atoms in total. The van der Waals surface area contributed by atoms with Gasteiger partial charge in [0.15, 0.2) is 0 Å². The van der Waals surface area contributed by atoms with Crippen molar-refractivity contribution in [2.45, 2.75) is 26.2 Å². The van der Waals surface area contributed by atoms with Gasteiger partial charge in [-0.15, -0.1) is 0 Å². The van der Waals surface area contributed by atoms with E-state index in [0.29, 0.717) is 11.5 Å². The van der Waals surface area contributed by atoms with Crippen LogP contribution in [0.2, 0.25) is 0 Å². The molecular formula is C22H22O2. The SMILES string of the molecule is Cc1cc(C(C)c2ccc(Cc3ccc(O)cc3)cc2)ccc1O. The van der Waals surface area contributed by atoms with Gasteiger partial charge in [-0.05, 0) is 59.4 Å². The third-order valence-corrected chi connectivity index (χ3v) is 4.55. The lowest BCUT2D eigenvalue weighted by atomic mass is 9.91. The van der Waals surface area contributed by atoms with Crippen LogP contribution in [0.1, 0.15) is 40.7 Å². The molecule has 3 rings (SSSR count). The minimum atomic E-state index is 0.284. The van der Waals surface area contributed by atoms with Gasteiger partial charge in [-0.1, -0.05) is 55.5 Å². The lowest BCUT2D eigenvalue weighted by molar-refractivity contribution is 0.470. The number of phenols is 2. The zero-order chi connectivity index (χ0) is 17.1. The number of hydrogen-bond acceptors (Lipinski definition) is 2. The maximum absolute atomic E-state index is 9.67. The highest BCUT2D eigenvalue weighted by molar-refractivity contribution is 5.41. The summed E-state index contributed by atoms with van der Waals surface area (Å²) in [6.07, 6.45) is 0.854. The molecule has 0 radical (unpaired) electrons. The van der Waals surface area contributed by atoms with Crippen molar-refractivity contribution in [2.75, 3.05) is 0 Å². The molecule has 0 aliphatic carbocycles. The van der Waals surface area contributed by atoms with E-state index in [4.69, 9.17) is 0 Å². The molecule has 2 heteroatoms. The van der Waals surface area contributed by atoms with Gasteiger partial charge >= 0.3 is 0 Å². The summed E-state index contributed by atoms with van der Waals surface area (Å²) < 4.78 is 0. The summed E-state index contributed by atoms with van der Waals surface area (Å²) in [6, 6.07) is 21.8. The summed E-state index contributed by atoms with van der Waals surface area (Å²) in [5.74, 6) is 0.925. The lowest BCUT2D eigenvalue weighted by Crippen LogP contribution is -1.97. The number of benzene rings is 3. The van der Waals surface area contributed by atoms with E-state index < -0.39 is 0 Å². The Hall–Kier alpha value is -2.74. The minimum Gasteiger partial charge on any atom is -0.508 e. The summed E-state index contributed by atoms with van der Waals surface area (Å²) in [5, 5.41) is 19.0. The van der Waals surface area contributed by atoms with Crippen LogP contribution in [0.5, 0.6) is 11.5 Å². The molecule has 3 aromatic carbocycles. The van der Waals surface area contributed by atoms with E-state index >= 15 is 0 Å². The summed E-state index contributed by atoms with van der Waals surface area (Å²) in [6.45, 7) is 4.10. The lowest BCUT2D eigenvalue weighted by Gasteiger charge is -2.14. The Morgan fingerprint density at radius 2 is 1.29 bits per heavy atom. The summed E-state index contributed by atoms with van der Waals surface area (Å²) in [7, 11) is 0. The Kier molecular flexibility index (Phi) is 4.57. The molecular weight excluding hydrogens is 296 g/mol. The first-order valence-electron chi connectivity index (χ1n) is 8.19. The third-order valence-electron chi connectivity index (χ3n) is 4.55. The van der Waals surface area contributed by atoms with Crippen LogP contribution in [0.25, 0.3) is 0 Å². The zero-order valence-corrected chi connectivity index (χ0v) is 14.0. The van der Waals surface area contributed by atoms with Crippen LogP contribution >= 0.6 is 0 Å². The van der Waals surface area contributed by atoms with Crippen LogP contribution in [0.4, 0.5) is 0 Å². The molecule has 3 aromatic rings. The molecule has 0 bridgehead atoms. The van der Waals surface area contributed by atoms with Crippen molar-refractivity contribution in [3.05, 3.63) is 94.5 Å². The van der Waals surface area contributed by atoms with E-state index in [0.717, 1.165) is 12.0 Å². The molecule has 2 N–H and O–H groups in total. The standard InChI is InChI=1S/C22H22O2/c1-15-13-20(9-12-22(15)24)16(2)19-7-3-17(4-8-19)14-18-5-10-21(23)11-6-18/h3-13,16,23-24H,14H2,1-2H3. The van der Waals surface area contributed by atoms with Crippen LogP contribution in [0.3, 0.4) is 0 Å². The fraction of sp³-hybridized carbons (Fsp3) is 0.182. The smallest absolute Gasteiger partial charge is 0.118 e. The van der Waals surface area contributed by atoms with Gasteiger partial charge in [0.2, 0.25) is 0 Å². The predicted octanol–water partition coefficient (Wildman–Crippen LogP) is 5.15. The summed E-state index contributed by atoms with van der Waals surface area (Å²) in [4.78, 5) is 0. The van der Waals surface area contributed by atoms with Crippen molar-refractivity contribution >= 4 is 0 Å². The normalized spacial score (nSPS) is 12.1. The largest absolute Gasteiger partial charge is 0.508 e. The molecule has 0 heterocycles. The maximum Gasteiger partial charge on any atom is 0.118 e. The topological polar surface area (TPSA) is 40.5 Å². The van der Waals surface area contributed by atoms with Crippen LogP contribution in [0, 0.1) is 6.92 Å². The number of aryl methyl sites for hydroxylation is 1. The van der Waals surface area contributed by atoms with E-state index in [1.807, 2.05) is 31.2 Å². The number of aromatic hydroxyl groups is 2. The summed E-state index contributed by atoms with van der Waals surface area (Å²) in [5.41, 5.74) is 5.80. The fourth-order valence-corrected chi connectivity index (χ4v) is 2.91. The number of rotatable bonds is 4. The second-order valence-electron chi connectivity index (χ2n) is 6.35. The Morgan fingerprint density at radius 1 is 0.750 bits per heavy atom. The summed E-state index contributed by atoms with van der Waals surface area (Å²) >= 11 is 0. The van der Waals surface area contributed by atoms with Crippen molar-refractivity contribution in [3.63, 3.8) is 0 Å². The van der Waals surface area contributed by atoms with Crippen molar-refractivity contribution in [1.82, 2.24) is 0 Å². The molecule has 24 heavy (non-hydrogen) atoms. The van der Waals surface area contributed by atoms with Crippen molar-refractivity contribution in [3.8, 4) is 11.5 Å². The van der Waals surface area contributed by atoms with Crippen molar-refractivity contribution in [2.24, 2.45) is 0 Å². The maximum atomic E-state index is 9.67. The average molecular weight is 318 g/mol. The first-order chi connectivity index (χ1) is 11.5. The molecule has 0 saturated carbocycles. The molecule has 0 spiro atoms. The second-order valence-corrected chi connectivity index (χ2v) is 6.35. The van der Waals surface area contributed by atoms with Crippen molar-refractivity contribution in [1.29, 1.82) is 0 Å². The Morgan fingerprint density at radius 3 is 1.88 bits per heavy atom. The highest BCUT2D eigenvalue weighted by Gasteiger charge is 2.10. The molecule has 0 aromatic heterocycles. The van der Waals surface area contributed by atoms with Gasteiger partial charge in [-0.25, -0.2) is 0 Å². The molecule has 0 aliphatic rings. The van der Waals surface area contributed by atoms with E-state index in [2.05, 4.69) is 31.2 Å². The van der Waals surface area contributed by atoms with Gasteiger partial charge in [0.1, 0.15) is 11.5 Å². The minimum absolute atomic E-state index is 0.284. The molecule has 0 amide bonds. The van der Waals surface area contributed by atoms with Gasteiger partial charge in [0.05, 0.1) is 0 Å². The number of hydrogen-bond donors (Lipinski definition) is 2. The molecule has 0 fully saturated rings. The van der Waals surface area contributed by atoms with Crippen LogP contribution in [-0.4, -0.2) is 10.2 Å². The second kappa shape index (κ2) is 6.79. The zero-order valence-electron chi connectivity index (χ0n) is 14.0. The third kappa shape index (κ3) is 3.60. The number of phenolic OH excluding ortho intramolecular Hbond substituents is 2. The first kappa shape index (κ1) is 16.1. The molecule has 0 aliphatic heterocycles. The van der Waals surface area contributed by atoms with E-state index in [9.17, 15) is 10.2 Å². The average Bonchev–Trinajstić information content (AvgIpc) is 2.59.